The summed E-state index contributed by atoms with van der Waals surface area (Å²) in [6, 6.07) is 0.0296. The first-order valence-electron chi connectivity index (χ1n) is 7.68. The molecule has 138 valence electrons. The van der Waals surface area contributed by atoms with Crippen LogP contribution in [0.15, 0.2) is 0 Å². The predicted molar refractivity (Wildman–Crippen MR) is 84.6 cm³/mol. The number of carbonyl (C=O) groups is 1. The van der Waals surface area contributed by atoms with E-state index >= 15 is 0 Å². The highest BCUT2D eigenvalue weighted by molar-refractivity contribution is 5.85. The van der Waals surface area contributed by atoms with Crippen molar-refractivity contribution in [2.24, 2.45) is 5.73 Å². The first-order valence-corrected chi connectivity index (χ1v) is 7.68. The van der Waals surface area contributed by atoms with E-state index in [4.69, 9.17) is 5.73 Å². The molecule has 1 aliphatic rings. The van der Waals surface area contributed by atoms with Crippen molar-refractivity contribution in [2.45, 2.75) is 38.4 Å². The van der Waals surface area contributed by atoms with Crippen molar-refractivity contribution in [3.05, 3.63) is 0 Å². The van der Waals surface area contributed by atoms with Crippen LogP contribution in [0.3, 0.4) is 0 Å². The number of nitrogens with two attached hydrogens (primary N) is 1. The number of ether oxygens (including phenoxy) is 1. The van der Waals surface area contributed by atoms with Gasteiger partial charge in [0.05, 0.1) is 0 Å². The van der Waals surface area contributed by atoms with Gasteiger partial charge < -0.3 is 15.4 Å². The number of alkyl halides is 3. The molecule has 0 aliphatic carbocycles. The Labute approximate surface area is 141 Å². The fourth-order valence-electron chi connectivity index (χ4n) is 2.31. The maximum Gasteiger partial charge on any atom is 0.411 e. The molecule has 1 amide bonds. The Morgan fingerprint density at radius 1 is 1.26 bits per heavy atom. The molecule has 2 N–H and O–H groups in total. The smallest absolute Gasteiger partial charge is 0.372 e. The lowest BCUT2D eigenvalue weighted by Gasteiger charge is -2.35. The summed E-state index contributed by atoms with van der Waals surface area (Å²) in [6.45, 7) is 4.34. The first-order chi connectivity index (χ1) is 10.3. The third kappa shape index (κ3) is 10.8. The van der Waals surface area contributed by atoms with Gasteiger partial charge in [-0.25, -0.2) is 0 Å². The molecule has 1 fully saturated rings. The maximum absolute atomic E-state index is 11.9. The summed E-state index contributed by atoms with van der Waals surface area (Å²) >= 11 is 0. The summed E-state index contributed by atoms with van der Waals surface area (Å²) in [5.74, 6) is 0.130. The van der Waals surface area contributed by atoms with Gasteiger partial charge in [0.2, 0.25) is 5.91 Å². The van der Waals surface area contributed by atoms with Crippen LogP contribution in [0.4, 0.5) is 13.2 Å². The third-order valence-corrected chi connectivity index (χ3v) is 3.57. The molecule has 1 rings (SSSR count). The molecular formula is C14H27ClF3N3O2. The number of amides is 1. The molecule has 23 heavy (non-hydrogen) atoms. The van der Waals surface area contributed by atoms with E-state index in [9.17, 15) is 18.0 Å². The average molecular weight is 362 g/mol. The minimum Gasteiger partial charge on any atom is -0.372 e. The molecule has 0 aromatic heterocycles. The van der Waals surface area contributed by atoms with Crippen molar-refractivity contribution >= 4 is 18.3 Å². The Morgan fingerprint density at radius 3 is 2.39 bits per heavy atom. The quantitative estimate of drug-likeness (QED) is 0.668. The van der Waals surface area contributed by atoms with E-state index in [2.05, 4.69) is 9.64 Å². The van der Waals surface area contributed by atoms with E-state index < -0.39 is 12.8 Å². The van der Waals surface area contributed by atoms with Crippen LogP contribution < -0.4 is 5.73 Å². The van der Waals surface area contributed by atoms with Crippen molar-refractivity contribution in [2.75, 3.05) is 45.9 Å². The monoisotopic (exact) mass is 361 g/mol. The summed E-state index contributed by atoms with van der Waals surface area (Å²) in [4.78, 5) is 15.9. The van der Waals surface area contributed by atoms with Gasteiger partial charge in [-0.15, -0.1) is 12.4 Å². The summed E-state index contributed by atoms with van der Waals surface area (Å²) in [7, 11) is 0. The number of halogens is 4. The van der Waals surface area contributed by atoms with Crippen molar-refractivity contribution in [3.8, 4) is 0 Å². The highest BCUT2D eigenvalue weighted by Crippen LogP contribution is 2.14. The van der Waals surface area contributed by atoms with E-state index in [1.807, 2.05) is 11.8 Å². The number of rotatable bonds is 8. The Hall–Kier alpha value is -0.570. The van der Waals surface area contributed by atoms with Crippen LogP contribution in [0.1, 0.15) is 26.2 Å². The zero-order chi connectivity index (χ0) is 16.6. The Kier molecular flexibility index (Phi) is 10.8. The van der Waals surface area contributed by atoms with E-state index in [1.54, 1.807) is 0 Å². The van der Waals surface area contributed by atoms with Crippen LogP contribution in [0.25, 0.3) is 0 Å². The SMILES string of the molecule is CC(N)CCC(=O)N1CCN(CCCOCC(F)(F)F)CC1.Cl. The molecule has 1 unspecified atom stereocenters. The largest absolute Gasteiger partial charge is 0.411 e. The van der Waals surface area contributed by atoms with Gasteiger partial charge in [-0.1, -0.05) is 0 Å². The molecule has 9 heteroatoms. The van der Waals surface area contributed by atoms with Gasteiger partial charge in [-0.3, -0.25) is 9.69 Å². The van der Waals surface area contributed by atoms with Gasteiger partial charge in [0, 0.05) is 51.8 Å². The number of nitrogens with zero attached hydrogens (tertiary/aromatic N) is 2. The normalized spacial score (nSPS) is 17.7. The van der Waals surface area contributed by atoms with E-state index in [-0.39, 0.29) is 31.0 Å². The molecule has 0 aromatic carbocycles. The van der Waals surface area contributed by atoms with Crippen LogP contribution in [-0.2, 0) is 9.53 Å². The molecule has 1 heterocycles. The molecule has 5 nitrogen and oxygen atoms in total. The fourth-order valence-corrected chi connectivity index (χ4v) is 2.31. The van der Waals surface area contributed by atoms with Crippen LogP contribution >= 0.6 is 12.4 Å². The molecular weight excluding hydrogens is 335 g/mol. The molecule has 0 saturated carbocycles. The van der Waals surface area contributed by atoms with E-state index in [0.717, 1.165) is 13.1 Å². The zero-order valence-electron chi connectivity index (χ0n) is 13.5. The zero-order valence-corrected chi connectivity index (χ0v) is 14.3. The van der Waals surface area contributed by atoms with Crippen molar-refractivity contribution in [1.29, 1.82) is 0 Å². The minimum absolute atomic E-state index is 0. The van der Waals surface area contributed by atoms with Crippen LogP contribution in [-0.4, -0.2) is 73.9 Å². The van der Waals surface area contributed by atoms with Gasteiger partial charge in [-0.05, 0) is 19.8 Å². The number of carbonyl (C=O) groups excluding carboxylic acids is 1. The fraction of sp³-hybridized carbons (Fsp3) is 0.929. The second-order valence-corrected chi connectivity index (χ2v) is 5.76. The molecule has 0 aromatic rings. The molecule has 0 spiro atoms. The molecule has 1 aliphatic heterocycles. The lowest BCUT2D eigenvalue weighted by atomic mass is 10.1. The van der Waals surface area contributed by atoms with E-state index in [1.165, 1.54) is 0 Å². The summed E-state index contributed by atoms with van der Waals surface area (Å²) in [5, 5.41) is 0. The van der Waals surface area contributed by atoms with E-state index in [0.29, 0.717) is 38.9 Å². The van der Waals surface area contributed by atoms with Crippen molar-refractivity contribution < 1.29 is 22.7 Å². The molecule has 0 radical (unpaired) electrons. The standard InChI is InChI=1S/C14H26F3N3O2.ClH/c1-12(18)3-4-13(21)20-8-6-19(7-9-20)5-2-10-22-11-14(15,16)17;/h12H,2-11,18H2,1H3;1H. The van der Waals surface area contributed by atoms with Gasteiger partial charge in [0.25, 0.3) is 0 Å². The number of hydrogen-bond acceptors (Lipinski definition) is 4. The second-order valence-electron chi connectivity index (χ2n) is 5.76. The Balaban J connectivity index is 0.00000484. The number of hydrogen-bond donors (Lipinski definition) is 1. The topological polar surface area (TPSA) is 58.8 Å². The summed E-state index contributed by atoms with van der Waals surface area (Å²) in [5.41, 5.74) is 5.64. The van der Waals surface area contributed by atoms with Crippen LogP contribution in [0, 0.1) is 0 Å². The first kappa shape index (κ1) is 22.4. The van der Waals surface area contributed by atoms with Gasteiger partial charge in [0.15, 0.2) is 0 Å². The molecule has 0 bridgehead atoms. The average Bonchev–Trinajstić information content (AvgIpc) is 2.44. The van der Waals surface area contributed by atoms with Gasteiger partial charge >= 0.3 is 6.18 Å². The summed E-state index contributed by atoms with van der Waals surface area (Å²) in [6.07, 6.45) is -2.53. The Bertz CT molecular complexity index is 336. The van der Waals surface area contributed by atoms with Crippen LogP contribution in [0.5, 0.6) is 0 Å². The van der Waals surface area contributed by atoms with Gasteiger partial charge in [-0.2, -0.15) is 13.2 Å². The second kappa shape index (κ2) is 11.1. The molecule has 1 saturated heterocycles. The summed E-state index contributed by atoms with van der Waals surface area (Å²) < 4.78 is 40.2. The number of piperazine rings is 1. The third-order valence-electron chi connectivity index (χ3n) is 3.57. The van der Waals surface area contributed by atoms with Crippen molar-refractivity contribution in [3.63, 3.8) is 0 Å². The van der Waals surface area contributed by atoms with Crippen LogP contribution in [0.2, 0.25) is 0 Å². The van der Waals surface area contributed by atoms with Gasteiger partial charge in [0.1, 0.15) is 6.61 Å². The lowest BCUT2D eigenvalue weighted by molar-refractivity contribution is -0.174. The lowest BCUT2D eigenvalue weighted by Crippen LogP contribution is -2.49. The highest BCUT2D eigenvalue weighted by atomic mass is 35.5. The highest BCUT2D eigenvalue weighted by Gasteiger charge is 2.27. The minimum atomic E-state index is -4.26. The predicted octanol–water partition coefficient (Wildman–Crippen LogP) is 1.65. The molecule has 1 atom stereocenters. The van der Waals surface area contributed by atoms with Crippen molar-refractivity contribution in [1.82, 2.24) is 9.80 Å². The maximum atomic E-state index is 11.9. The Morgan fingerprint density at radius 2 is 1.87 bits per heavy atom.